The first kappa shape index (κ1) is 16.9. The molecule has 1 aromatic carbocycles. The first-order valence-electron chi connectivity index (χ1n) is 6.67. The summed E-state index contributed by atoms with van der Waals surface area (Å²) in [6.07, 6.45) is 5.51. The highest BCUT2D eigenvalue weighted by Gasteiger charge is 2.10. The van der Waals surface area contributed by atoms with Crippen LogP contribution in [0.3, 0.4) is 0 Å². The van der Waals surface area contributed by atoms with E-state index in [1.165, 1.54) is 5.56 Å². The van der Waals surface area contributed by atoms with Gasteiger partial charge in [-0.15, -0.1) is 0 Å². The highest BCUT2D eigenvalue weighted by atomic mass is 79.9. The fourth-order valence-corrected chi connectivity index (χ4v) is 1.97. The van der Waals surface area contributed by atoms with Gasteiger partial charge >= 0.3 is 0 Å². The van der Waals surface area contributed by atoms with E-state index in [0.29, 0.717) is 12.5 Å². The molecular formula is C16H22BrNO2. The van der Waals surface area contributed by atoms with E-state index < -0.39 is 0 Å². The maximum Gasteiger partial charge on any atom is 0.293 e. The predicted molar refractivity (Wildman–Crippen MR) is 85.5 cm³/mol. The van der Waals surface area contributed by atoms with E-state index in [-0.39, 0.29) is 5.60 Å². The Morgan fingerprint density at radius 3 is 2.30 bits per heavy atom. The number of hydrogen-bond donors (Lipinski definition) is 1. The Morgan fingerprint density at radius 2 is 1.90 bits per heavy atom. The van der Waals surface area contributed by atoms with Gasteiger partial charge < -0.3 is 10.1 Å². The quantitative estimate of drug-likeness (QED) is 0.653. The molecule has 0 spiro atoms. The van der Waals surface area contributed by atoms with Crippen molar-refractivity contribution in [1.82, 2.24) is 5.32 Å². The normalized spacial score (nSPS) is 17.9. The highest BCUT2D eigenvalue weighted by Crippen LogP contribution is 2.21. The molecule has 0 bridgehead atoms. The van der Waals surface area contributed by atoms with Gasteiger partial charge in [0.2, 0.25) is 0 Å². The average molecular weight is 340 g/mol. The second kappa shape index (κ2) is 8.22. The van der Waals surface area contributed by atoms with Crippen molar-refractivity contribution in [2.45, 2.75) is 38.8 Å². The number of hydrogen-bond acceptors (Lipinski definition) is 3. The lowest BCUT2D eigenvalue weighted by molar-refractivity contribution is -0.138. The Morgan fingerprint density at radius 1 is 1.25 bits per heavy atom. The molecule has 0 saturated carbocycles. The topological polar surface area (TPSA) is 38.3 Å². The molecule has 1 heterocycles. The van der Waals surface area contributed by atoms with Crippen LogP contribution in [0.1, 0.15) is 38.8 Å². The summed E-state index contributed by atoms with van der Waals surface area (Å²) < 4.78 is 5.69. The molecule has 20 heavy (non-hydrogen) atoms. The molecule has 4 heteroatoms. The summed E-state index contributed by atoms with van der Waals surface area (Å²) in [5.41, 5.74) is 1.05. The number of nitrogens with one attached hydrogen (secondary N) is 1. The Labute approximate surface area is 129 Å². The van der Waals surface area contributed by atoms with Gasteiger partial charge in [0.25, 0.3) is 6.47 Å². The first-order chi connectivity index (χ1) is 9.42. The molecule has 0 aliphatic carbocycles. The highest BCUT2D eigenvalue weighted by molar-refractivity contribution is 9.10. The average Bonchev–Trinajstić information content (AvgIpc) is 2.40. The standard InChI is InChI=1S/C11H12BrN.C5H10O2/c12-10-6-4-9(5-7-10)11-3-1-2-8-13-11;1-5(2,3)7-4-6/h1-2,4-7,11,13H,3,8H2;4H,1-3H3. The van der Waals surface area contributed by atoms with Crippen LogP contribution in [-0.4, -0.2) is 18.6 Å². The van der Waals surface area contributed by atoms with Crippen molar-refractivity contribution in [3.8, 4) is 0 Å². The third kappa shape index (κ3) is 6.87. The number of rotatable bonds is 2. The Bertz CT molecular complexity index is 435. The maximum atomic E-state index is 9.60. The van der Waals surface area contributed by atoms with Gasteiger partial charge in [-0.3, -0.25) is 4.79 Å². The molecule has 0 saturated heterocycles. The molecule has 1 aromatic rings. The third-order valence-electron chi connectivity index (χ3n) is 2.69. The second-order valence-electron chi connectivity index (χ2n) is 5.55. The lowest BCUT2D eigenvalue weighted by atomic mass is 10.0. The predicted octanol–water partition coefficient (Wildman–Crippen LogP) is 4.00. The largest absolute Gasteiger partial charge is 0.462 e. The molecule has 0 aromatic heterocycles. The van der Waals surface area contributed by atoms with Crippen LogP contribution in [0.4, 0.5) is 0 Å². The van der Waals surface area contributed by atoms with Crippen molar-refractivity contribution in [1.29, 1.82) is 0 Å². The number of carbonyl (C=O) groups excluding carboxylic acids is 1. The van der Waals surface area contributed by atoms with Crippen LogP contribution >= 0.6 is 15.9 Å². The fraction of sp³-hybridized carbons (Fsp3) is 0.438. The zero-order valence-corrected chi connectivity index (χ0v) is 13.8. The SMILES string of the molecule is Brc1ccc(C2CC=CCN2)cc1.CC(C)(C)OC=O. The summed E-state index contributed by atoms with van der Waals surface area (Å²) in [6.45, 7) is 6.91. The zero-order valence-electron chi connectivity index (χ0n) is 12.2. The van der Waals surface area contributed by atoms with Crippen molar-refractivity contribution >= 4 is 22.4 Å². The van der Waals surface area contributed by atoms with E-state index in [4.69, 9.17) is 0 Å². The Hall–Kier alpha value is -1.13. The monoisotopic (exact) mass is 339 g/mol. The van der Waals surface area contributed by atoms with Crippen molar-refractivity contribution in [2.75, 3.05) is 6.54 Å². The summed E-state index contributed by atoms with van der Waals surface area (Å²) in [4.78, 5) is 9.60. The fourth-order valence-electron chi connectivity index (χ4n) is 1.70. The zero-order chi connectivity index (χ0) is 15.0. The summed E-state index contributed by atoms with van der Waals surface area (Å²) in [5.74, 6) is 0. The Kier molecular flexibility index (Phi) is 6.96. The van der Waals surface area contributed by atoms with Gasteiger partial charge in [-0.2, -0.15) is 0 Å². The van der Waals surface area contributed by atoms with Crippen molar-refractivity contribution < 1.29 is 9.53 Å². The lowest BCUT2D eigenvalue weighted by Gasteiger charge is -2.19. The van der Waals surface area contributed by atoms with Gasteiger partial charge in [0.15, 0.2) is 0 Å². The molecule has 3 nitrogen and oxygen atoms in total. The van der Waals surface area contributed by atoms with Crippen LogP contribution in [0.15, 0.2) is 40.9 Å². The lowest BCUT2D eigenvalue weighted by Crippen LogP contribution is -2.23. The minimum absolute atomic E-state index is 0.318. The van der Waals surface area contributed by atoms with Crippen LogP contribution in [0.5, 0.6) is 0 Å². The smallest absolute Gasteiger partial charge is 0.293 e. The third-order valence-corrected chi connectivity index (χ3v) is 3.22. The first-order valence-corrected chi connectivity index (χ1v) is 7.47. The van der Waals surface area contributed by atoms with E-state index in [9.17, 15) is 4.79 Å². The Balaban J connectivity index is 0.000000246. The van der Waals surface area contributed by atoms with Crippen LogP contribution in [0.25, 0.3) is 0 Å². The van der Waals surface area contributed by atoms with Crippen molar-refractivity contribution in [2.24, 2.45) is 0 Å². The van der Waals surface area contributed by atoms with Crippen LogP contribution in [0, 0.1) is 0 Å². The van der Waals surface area contributed by atoms with E-state index in [0.717, 1.165) is 17.4 Å². The van der Waals surface area contributed by atoms with E-state index in [2.05, 4.69) is 62.4 Å². The molecule has 1 atom stereocenters. The molecule has 1 unspecified atom stereocenters. The minimum atomic E-state index is -0.318. The minimum Gasteiger partial charge on any atom is -0.462 e. The van der Waals surface area contributed by atoms with E-state index >= 15 is 0 Å². The van der Waals surface area contributed by atoms with Gasteiger partial charge in [0, 0.05) is 17.1 Å². The van der Waals surface area contributed by atoms with Crippen LogP contribution < -0.4 is 5.32 Å². The van der Waals surface area contributed by atoms with Crippen molar-refractivity contribution in [3.63, 3.8) is 0 Å². The van der Waals surface area contributed by atoms with E-state index in [1.54, 1.807) is 0 Å². The molecule has 110 valence electrons. The summed E-state index contributed by atoms with van der Waals surface area (Å²) in [5, 5.41) is 3.45. The molecular weight excluding hydrogens is 318 g/mol. The molecule has 0 radical (unpaired) electrons. The second-order valence-corrected chi connectivity index (χ2v) is 6.46. The van der Waals surface area contributed by atoms with Gasteiger partial charge in [-0.05, 0) is 44.9 Å². The van der Waals surface area contributed by atoms with Gasteiger partial charge in [0.05, 0.1) is 0 Å². The summed E-state index contributed by atoms with van der Waals surface area (Å²) in [7, 11) is 0. The van der Waals surface area contributed by atoms with Crippen LogP contribution in [-0.2, 0) is 9.53 Å². The van der Waals surface area contributed by atoms with Crippen LogP contribution in [0.2, 0.25) is 0 Å². The number of carbonyl (C=O) groups is 1. The van der Waals surface area contributed by atoms with Crippen molar-refractivity contribution in [3.05, 3.63) is 46.5 Å². The van der Waals surface area contributed by atoms with Gasteiger partial charge in [-0.1, -0.05) is 40.2 Å². The molecule has 1 aliphatic rings. The number of halogens is 1. The summed E-state index contributed by atoms with van der Waals surface area (Å²) in [6, 6.07) is 9.02. The molecule has 0 fully saturated rings. The number of benzene rings is 1. The van der Waals surface area contributed by atoms with Gasteiger partial charge in [0.1, 0.15) is 5.60 Å². The van der Waals surface area contributed by atoms with E-state index in [1.807, 2.05) is 20.8 Å². The van der Waals surface area contributed by atoms with Gasteiger partial charge in [-0.25, -0.2) is 0 Å². The summed E-state index contributed by atoms with van der Waals surface area (Å²) >= 11 is 3.44. The molecule has 2 rings (SSSR count). The number of ether oxygens (including phenoxy) is 1. The molecule has 1 aliphatic heterocycles. The molecule has 1 N–H and O–H groups in total. The maximum absolute atomic E-state index is 9.60. The molecule has 0 amide bonds.